The molecule has 0 saturated carbocycles. The van der Waals surface area contributed by atoms with Gasteiger partial charge in [-0.3, -0.25) is 4.79 Å². The largest absolute Gasteiger partial charge is 0.494 e. The first-order valence-electron chi connectivity index (χ1n) is 12.0. The summed E-state index contributed by atoms with van der Waals surface area (Å²) >= 11 is 1.32. The molecule has 182 valence electrons. The van der Waals surface area contributed by atoms with E-state index in [1.165, 1.54) is 21.4 Å². The zero-order valence-corrected chi connectivity index (χ0v) is 21.1. The minimum atomic E-state index is -0.202. The van der Waals surface area contributed by atoms with Gasteiger partial charge in [0.25, 0.3) is 5.56 Å². The van der Waals surface area contributed by atoms with Crippen LogP contribution >= 0.6 is 11.3 Å². The highest BCUT2D eigenvalue weighted by Crippen LogP contribution is 2.25. The number of nitrogens with zero attached hydrogens (tertiary/aromatic N) is 5. The van der Waals surface area contributed by atoms with Crippen LogP contribution in [-0.2, 0) is 0 Å². The average molecular weight is 506 g/mol. The van der Waals surface area contributed by atoms with Gasteiger partial charge in [-0.25, -0.2) is 4.68 Å². The van der Waals surface area contributed by atoms with E-state index in [0.29, 0.717) is 21.9 Å². The molecule has 0 amide bonds. The molecule has 0 bridgehead atoms. The molecular weight excluding hydrogens is 482 g/mol. The molecule has 37 heavy (non-hydrogen) atoms. The van der Waals surface area contributed by atoms with E-state index in [1.54, 1.807) is 0 Å². The number of rotatable bonds is 6. The molecule has 6 rings (SSSR count). The Labute approximate surface area is 216 Å². The first-order valence-corrected chi connectivity index (χ1v) is 12.8. The number of thiazole rings is 1. The van der Waals surface area contributed by atoms with Crippen molar-refractivity contribution in [2.45, 2.75) is 13.8 Å². The Kier molecular flexibility index (Phi) is 5.86. The summed E-state index contributed by atoms with van der Waals surface area (Å²) in [5.74, 6) is 1.30. The highest BCUT2D eigenvalue weighted by Gasteiger charge is 2.15. The normalized spacial score (nSPS) is 11.9. The third kappa shape index (κ3) is 4.43. The van der Waals surface area contributed by atoms with Gasteiger partial charge in [-0.2, -0.15) is 14.6 Å². The van der Waals surface area contributed by atoms with Crippen LogP contribution < -0.4 is 14.8 Å². The maximum Gasteiger partial charge on any atom is 0.291 e. The SMILES string of the molecule is CCOc1ccc(-c2nc3s/c(=C\c4cn(-c5ccccc5)nc4-c4ccc(C)cc4)c(=O)n3n2)cc1. The summed E-state index contributed by atoms with van der Waals surface area (Å²) in [6.07, 6.45) is 3.83. The van der Waals surface area contributed by atoms with Crippen molar-refractivity contribution in [2.24, 2.45) is 0 Å². The second-order valence-corrected chi connectivity index (χ2v) is 9.59. The number of benzene rings is 3. The quantitative estimate of drug-likeness (QED) is 0.321. The Morgan fingerprint density at radius 1 is 0.919 bits per heavy atom. The zero-order valence-electron chi connectivity index (χ0n) is 20.3. The maximum atomic E-state index is 13.3. The Balaban J connectivity index is 1.43. The van der Waals surface area contributed by atoms with Crippen molar-refractivity contribution in [3.8, 4) is 34.1 Å². The van der Waals surface area contributed by atoms with Gasteiger partial charge in [-0.05, 0) is 56.3 Å². The second kappa shape index (κ2) is 9.48. The number of hydrogen-bond acceptors (Lipinski definition) is 6. The average Bonchev–Trinajstić information content (AvgIpc) is 3.61. The number of fused-ring (bicyclic) bond motifs is 1. The lowest BCUT2D eigenvalue weighted by Crippen LogP contribution is -2.23. The fourth-order valence-electron chi connectivity index (χ4n) is 4.11. The van der Waals surface area contributed by atoms with Crippen LogP contribution in [0.1, 0.15) is 18.1 Å². The van der Waals surface area contributed by atoms with Crippen molar-refractivity contribution in [1.29, 1.82) is 0 Å². The van der Waals surface area contributed by atoms with Gasteiger partial charge in [0, 0.05) is 22.9 Å². The third-order valence-electron chi connectivity index (χ3n) is 5.98. The minimum Gasteiger partial charge on any atom is -0.494 e. The molecule has 0 saturated heterocycles. The Morgan fingerprint density at radius 2 is 1.65 bits per heavy atom. The molecule has 3 heterocycles. The van der Waals surface area contributed by atoms with Gasteiger partial charge < -0.3 is 4.74 Å². The van der Waals surface area contributed by atoms with Crippen molar-refractivity contribution in [1.82, 2.24) is 24.4 Å². The van der Waals surface area contributed by atoms with E-state index < -0.39 is 0 Å². The number of para-hydroxylation sites is 1. The standard InChI is InChI=1S/C29H23N5O2S/c1-3-36-24-15-13-21(14-16-24)27-30-29-34(32-27)28(35)25(37-29)17-22-18-33(23-7-5-4-6-8-23)31-26(22)20-11-9-19(2)10-12-20/h4-18H,3H2,1-2H3/b25-17-. The maximum absolute atomic E-state index is 13.3. The summed E-state index contributed by atoms with van der Waals surface area (Å²) in [5, 5.41) is 9.35. The highest BCUT2D eigenvalue weighted by molar-refractivity contribution is 7.15. The molecule has 3 aromatic carbocycles. The fourth-order valence-corrected chi connectivity index (χ4v) is 5.00. The number of hydrogen-bond donors (Lipinski definition) is 0. The van der Waals surface area contributed by atoms with E-state index in [2.05, 4.69) is 29.1 Å². The summed E-state index contributed by atoms with van der Waals surface area (Å²) in [6, 6.07) is 25.7. The van der Waals surface area contributed by atoms with Gasteiger partial charge in [-0.15, -0.1) is 5.10 Å². The lowest BCUT2D eigenvalue weighted by molar-refractivity contribution is 0.340. The third-order valence-corrected chi connectivity index (χ3v) is 6.94. The number of ether oxygens (including phenoxy) is 1. The molecule has 0 aliphatic carbocycles. The van der Waals surface area contributed by atoms with Gasteiger partial charge in [0.05, 0.1) is 22.5 Å². The van der Waals surface area contributed by atoms with Gasteiger partial charge in [-0.1, -0.05) is 59.4 Å². The van der Waals surface area contributed by atoms with E-state index in [9.17, 15) is 4.79 Å². The number of aryl methyl sites for hydroxylation is 1. The van der Waals surface area contributed by atoms with Gasteiger partial charge >= 0.3 is 0 Å². The van der Waals surface area contributed by atoms with Gasteiger partial charge in [0.1, 0.15) is 5.75 Å². The van der Waals surface area contributed by atoms with Crippen LogP contribution in [0, 0.1) is 6.92 Å². The van der Waals surface area contributed by atoms with E-state index in [0.717, 1.165) is 33.8 Å². The second-order valence-electron chi connectivity index (χ2n) is 8.58. The van der Waals surface area contributed by atoms with Crippen LogP contribution in [0.3, 0.4) is 0 Å². The molecule has 6 aromatic rings. The summed E-state index contributed by atoms with van der Waals surface area (Å²) in [6.45, 7) is 4.60. The molecule has 0 N–H and O–H groups in total. The van der Waals surface area contributed by atoms with Gasteiger partial charge in [0.15, 0.2) is 5.82 Å². The highest BCUT2D eigenvalue weighted by atomic mass is 32.1. The predicted octanol–water partition coefficient (Wildman–Crippen LogP) is 4.93. The lowest BCUT2D eigenvalue weighted by atomic mass is 10.1. The van der Waals surface area contributed by atoms with Crippen molar-refractivity contribution in [2.75, 3.05) is 6.61 Å². The predicted molar refractivity (Wildman–Crippen MR) is 146 cm³/mol. The molecule has 3 aromatic heterocycles. The van der Waals surface area contributed by atoms with Crippen molar-refractivity contribution < 1.29 is 4.74 Å². The lowest BCUT2D eigenvalue weighted by Gasteiger charge is -2.02. The van der Waals surface area contributed by atoms with Crippen LogP contribution in [0.2, 0.25) is 0 Å². The summed E-state index contributed by atoms with van der Waals surface area (Å²) in [4.78, 5) is 18.4. The van der Waals surface area contributed by atoms with Crippen LogP contribution in [-0.4, -0.2) is 31.0 Å². The summed E-state index contributed by atoms with van der Waals surface area (Å²) in [7, 11) is 0. The van der Waals surface area contributed by atoms with Crippen molar-refractivity contribution in [3.05, 3.63) is 111 Å². The first-order chi connectivity index (χ1) is 18.1. The molecule has 0 unspecified atom stereocenters. The van der Waals surface area contributed by atoms with Gasteiger partial charge in [0.2, 0.25) is 4.96 Å². The summed E-state index contributed by atoms with van der Waals surface area (Å²) in [5.41, 5.74) is 5.38. The molecule has 0 radical (unpaired) electrons. The Bertz CT molecular complexity index is 1800. The van der Waals surface area contributed by atoms with Crippen LogP contribution in [0.15, 0.2) is 89.9 Å². The summed E-state index contributed by atoms with van der Waals surface area (Å²) < 4.78 is 9.26. The molecule has 0 aliphatic rings. The zero-order chi connectivity index (χ0) is 25.4. The number of aromatic nitrogens is 5. The smallest absolute Gasteiger partial charge is 0.291 e. The monoisotopic (exact) mass is 505 g/mol. The molecule has 8 heteroatoms. The van der Waals surface area contributed by atoms with Crippen molar-refractivity contribution in [3.63, 3.8) is 0 Å². The first kappa shape index (κ1) is 22.9. The molecule has 0 spiro atoms. The Morgan fingerprint density at radius 3 is 2.35 bits per heavy atom. The minimum absolute atomic E-state index is 0.202. The molecular formula is C29H23N5O2S. The molecule has 7 nitrogen and oxygen atoms in total. The Hall–Kier alpha value is -4.56. The van der Waals surface area contributed by atoms with E-state index in [-0.39, 0.29) is 5.56 Å². The van der Waals surface area contributed by atoms with E-state index in [4.69, 9.17) is 9.84 Å². The van der Waals surface area contributed by atoms with Crippen molar-refractivity contribution >= 4 is 22.4 Å². The molecule has 0 atom stereocenters. The fraction of sp³-hybridized carbons (Fsp3) is 0.103. The van der Waals surface area contributed by atoms with E-state index >= 15 is 0 Å². The topological polar surface area (TPSA) is 74.3 Å². The molecule has 0 fully saturated rings. The molecule has 0 aliphatic heterocycles. The van der Waals surface area contributed by atoms with Crippen LogP contribution in [0.5, 0.6) is 5.75 Å². The van der Waals surface area contributed by atoms with Crippen LogP contribution in [0.25, 0.3) is 39.4 Å². The van der Waals surface area contributed by atoms with E-state index in [1.807, 2.05) is 90.6 Å². The van der Waals surface area contributed by atoms with Crippen LogP contribution in [0.4, 0.5) is 0 Å².